The van der Waals surface area contributed by atoms with Crippen LogP contribution in [-0.4, -0.2) is 63.2 Å². The van der Waals surface area contributed by atoms with Crippen LogP contribution in [0.2, 0.25) is 0 Å². The molecular weight excluding hydrogens is 695 g/mol. The molecule has 7 atom stereocenters. The second-order valence-electron chi connectivity index (χ2n) is 16.8. The zero-order chi connectivity index (χ0) is 39.1. The Kier molecular flexibility index (Phi) is 13.5. The molecule has 0 unspecified atom stereocenters. The summed E-state index contributed by atoms with van der Waals surface area (Å²) in [4.78, 5) is 39.4. The van der Waals surface area contributed by atoms with E-state index in [1.807, 2.05) is 81.4 Å². The average Bonchev–Trinajstić information content (AvgIpc) is 3.17. The van der Waals surface area contributed by atoms with Gasteiger partial charge in [-0.05, 0) is 92.7 Å². The van der Waals surface area contributed by atoms with Gasteiger partial charge in [0.05, 0.1) is 24.9 Å². The maximum Gasteiger partial charge on any atom is 0.303 e. The Bertz CT molecular complexity index is 1760. The zero-order valence-electron chi connectivity index (χ0n) is 32.8. The van der Waals surface area contributed by atoms with Crippen molar-refractivity contribution < 1.29 is 34.1 Å². The number of carboxylic acids is 1. The second kappa shape index (κ2) is 18.2. The molecule has 10 nitrogen and oxygen atoms in total. The van der Waals surface area contributed by atoms with Crippen LogP contribution in [0.15, 0.2) is 72.8 Å². The summed E-state index contributed by atoms with van der Waals surface area (Å²) >= 11 is 0. The predicted molar refractivity (Wildman–Crippen MR) is 212 cm³/mol. The highest BCUT2D eigenvalue weighted by molar-refractivity contribution is 5.82. The summed E-state index contributed by atoms with van der Waals surface area (Å²) in [5.74, 6) is -0.387. The van der Waals surface area contributed by atoms with Gasteiger partial charge in [-0.25, -0.2) is 0 Å². The topological polar surface area (TPSA) is 137 Å². The van der Waals surface area contributed by atoms with Crippen LogP contribution < -0.4 is 10.6 Å². The van der Waals surface area contributed by atoms with Gasteiger partial charge in [0.25, 0.3) is 0 Å². The molecule has 1 saturated carbocycles. The highest BCUT2D eigenvalue weighted by Crippen LogP contribution is 2.44. The lowest BCUT2D eigenvalue weighted by molar-refractivity contribution is -0.278. The molecule has 0 aromatic heterocycles. The first kappa shape index (κ1) is 40.6. The van der Waals surface area contributed by atoms with Crippen molar-refractivity contribution in [3.63, 3.8) is 0 Å². The van der Waals surface area contributed by atoms with Crippen LogP contribution in [-0.2, 0) is 37.0 Å². The molecule has 4 N–H and O–H groups in total. The number of likely N-dealkylation sites (tertiary alicyclic amines) is 1. The standard InChI is InChI=1S/C45H59N3O7/c1-29-39(27-48-37-12-6-5-10-33(37)23-24-38(48)43(53)47-45(2,3)4)54-44(55-42(29)34-17-15-30(28-49)16-18-34)35-21-19-32(20-22-35)36-11-7-9-31(25-36)26-46-40(50)13-8-14-41(51)52/h7,9,11,15-22,25,29,33,37-39,42,44,49H,5-6,8,10,12-14,23-24,26-28H2,1-4H3,(H,46,50)(H,47,53)(H,51,52)/t29-,33+,37+,38+,39+,42+,44+/m0/s1. The Morgan fingerprint density at radius 1 is 0.836 bits per heavy atom. The lowest BCUT2D eigenvalue weighted by atomic mass is 9.75. The van der Waals surface area contributed by atoms with Crippen molar-refractivity contribution in [2.45, 2.75) is 135 Å². The van der Waals surface area contributed by atoms with Gasteiger partial charge in [-0.1, -0.05) is 86.5 Å². The minimum absolute atomic E-state index is 0.00815. The number of fused-ring (bicyclic) bond motifs is 1. The quantitative estimate of drug-likeness (QED) is 0.141. The molecule has 6 rings (SSSR count). The van der Waals surface area contributed by atoms with Crippen molar-refractivity contribution in [3.8, 4) is 11.1 Å². The lowest BCUT2D eigenvalue weighted by Crippen LogP contribution is -2.61. The number of hydrogen-bond donors (Lipinski definition) is 4. The Balaban J connectivity index is 1.22. The molecule has 2 saturated heterocycles. The molecule has 0 spiro atoms. The van der Waals surface area contributed by atoms with Gasteiger partial charge in [-0.15, -0.1) is 0 Å². The summed E-state index contributed by atoms with van der Waals surface area (Å²) in [6.45, 7) is 9.28. The van der Waals surface area contributed by atoms with Crippen molar-refractivity contribution in [2.24, 2.45) is 11.8 Å². The summed E-state index contributed by atoms with van der Waals surface area (Å²) in [6.07, 6.45) is 6.02. The molecule has 2 aliphatic heterocycles. The molecular formula is C45H59N3O7. The number of ether oxygens (including phenoxy) is 2. The molecule has 0 bridgehead atoms. The van der Waals surface area contributed by atoms with E-state index in [4.69, 9.17) is 14.6 Å². The van der Waals surface area contributed by atoms with Crippen LogP contribution in [0, 0.1) is 11.8 Å². The normalized spacial score (nSPS) is 25.8. The van der Waals surface area contributed by atoms with Gasteiger partial charge < -0.3 is 30.3 Å². The fourth-order valence-corrected chi connectivity index (χ4v) is 8.65. The van der Waals surface area contributed by atoms with Gasteiger partial charge in [0.15, 0.2) is 6.29 Å². The molecule has 10 heteroatoms. The molecule has 2 amide bonds. The lowest BCUT2D eigenvalue weighted by Gasteiger charge is -2.51. The van der Waals surface area contributed by atoms with Gasteiger partial charge in [0, 0.05) is 49.0 Å². The molecule has 3 aromatic rings. The summed E-state index contributed by atoms with van der Waals surface area (Å²) in [7, 11) is 0. The van der Waals surface area contributed by atoms with Crippen LogP contribution in [0.25, 0.3) is 11.1 Å². The van der Waals surface area contributed by atoms with Crippen LogP contribution in [0.3, 0.4) is 0 Å². The molecule has 0 radical (unpaired) electrons. The van der Waals surface area contributed by atoms with E-state index in [0.29, 0.717) is 31.5 Å². The van der Waals surface area contributed by atoms with Gasteiger partial charge in [-0.2, -0.15) is 0 Å². The summed E-state index contributed by atoms with van der Waals surface area (Å²) in [6, 6.07) is 24.3. The number of aliphatic hydroxyl groups is 1. The van der Waals surface area contributed by atoms with E-state index in [1.165, 1.54) is 19.3 Å². The fraction of sp³-hybridized carbons (Fsp3) is 0.533. The van der Waals surface area contributed by atoms with Crippen molar-refractivity contribution in [2.75, 3.05) is 6.54 Å². The Morgan fingerprint density at radius 2 is 1.56 bits per heavy atom. The third-order valence-electron chi connectivity index (χ3n) is 11.5. The summed E-state index contributed by atoms with van der Waals surface area (Å²) in [5, 5.41) is 24.8. The number of nitrogens with one attached hydrogen (secondary N) is 2. The van der Waals surface area contributed by atoms with Crippen molar-refractivity contribution >= 4 is 17.8 Å². The Hall–Kier alpha value is -4.09. The number of carbonyl (C=O) groups is 3. The number of piperidine rings is 1. The highest BCUT2D eigenvalue weighted by atomic mass is 16.7. The Labute approximate surface area is 326 Å². The van der Waals surface area contributed by atoms with Gasteiger partial charge >= 0.3 is 5.97 Å². The molecule has 3 aromatic carbocycles. The van der Waals surface area contributed by atoms with E-state index in [0.717, 1.165) is 52.6 Å². The molecule has 2 heterocycles. The van der Waals surface area contributed by atoms with E-state index in [-0.39, 0.29) is 61.0 Å². The monoisotopic (exact) mass is 753 g/mol. The molecule has 3 aliphatic rings. The largest absolute Gasteiger partial charge is 0.481 e. The van der Waals surface area contributed by atoms with Crippen molar-refractivity contribution in [3.05, 3.63) is 95.1 Å². The number of rotatable bonds is 13. The minimum Gasteiger partial charge on any atom is -0.481 e. The number of amides is 2. The molecule has 55 heavy (non-hydrogen) atoms. The van der Waals surface area contributed by atoms with Gasteiger partial charge in [0.2, 0.25) is 11.8 Å². The number of carboxylic acid groups (broad SMARTS) is 1. The highest BCUT2D eigenvalue weighted by Gasteiger charge is 2.46. The molecule has 1 aliphatic carbocycles. The number of aliphatic carboxylic acids is 1. The molecule has 296 valence electrons. The van der Waals surface area contributed by atoms with Gasteiger partial charge in [-0.3, -0.25) is 19.3 Å². The van der Waals surface area contributed by atoms with E-state index in [9.17, 15) is 19.5 Å². The SMILES string of the molecule is C[C@H]1[C@@H](CN2[C@@H](C(=O)NC(C)(C)C)CC[C@H]3CCCC[C@H]32)O[C@@H](c2ccc(-c3cccc(CNC(=O)CCCC(=O)O)c3)cc2)O[C@H]1c1ccc(CO)cc1. The number of aliphatic hydroxyl groups excluding tert-OH is 1. The summed E-state index contributed by atoms with van der Waals surface area (Å²) in [5.41, 5.74) is 5.43. The first-order valence-corrected chi connectivity index (χ1v) is 20.1. The van der Waals surface area contributed by atoms with Gasteiger partial charge in [0.1, 0.15) is 0 Å². The first-order valence-electron chi connectivity index (χ1n) is 20.1. The third kappa shape index (κ3) is 10.6. The fourth-order valence-electron chi connectivity index (χ4n) is 8.65. The van der Waals surface area contributed by atoms with E-state index >= 15 is 0 Å². The van der Waals surface area contributed by atoms with Crippen LogP contribution in [0.5, 0.6) is 0 Å². The zero-order valence-corrected chi connectivity index (χ0v) is 32.8. The number of nitrogens with zero attached hydrogens (tertiary/aromatic N) is 1. The maximum atomic E-state index is 13.9. The van der Waals surface area contributed by atoms with Crippen molar-refractivity contribution in [1.82, 2.24) is 15.5 Å². The number of benzene rings is 3. The van der Waals surface area contributed by atoms with E-state index < -0.39 is 12.3 Å². The maximum absolute atomic E-state index is 13.9. The smallest absolute Gasteiger partial charge is 0.303 e. The van der Waals surface area contributed by atoms with E-state index in [1.54, 1.807) is 0 Å². The first-order chi connectivity index (χ1) is 26.4. The third-order valence-corrected chi connectivity index (χ3v) is 11.5. The summed E-state index contributed by atoms with van der Waals surface area (Å²) < 4.78 is 13.8. The Morgan fingerprint density at radius 3 is 2.27 bits per heavy atom. The number of carbonyl (C=O) groups excluding carboxylic acids is 2. The second-order valence-corrected chi connectivity index (χ2v) is 16.8. The minimum atomic E-state index is -0.902. The van der Waals surface area contributed by atoms with Crippen LogP contribution in [0.1, 0.15) is 120 Å². The average molecular weight is 754 g/mol. The van der Waals surface area contributed by atoms with Crippen LogP contribution in [0.4, 0.5) is 0 Å². The van der Waals surface area contributed by atoms with E-state index in [2.05, 4.69) is 34.6 Å². The molecule has 3 fully saturated rings. The van der Waals surface area contributed by atoms with Crippen LogP contribution >= 0.6 is 0 Å². The van der Waals surface area contributed by atoms with Crippen molar-refractivity contribution in [1.29, 1.82) is 0 Å². The number of hydrogen-bond acceptors (Lipinski definition) is 7. The predicted octanol–water partition coefficient (Wildman–Crippen LogP) is 7.45.